The Morgan fingerprint density at radius 2 is 2.17 bits per heavy atom. The number of carbonyl (C=O) groups excluding carboxylic acids is 1. The van der Waals surface area contributed by atoms with Crippen LogP contribution in [0.15, 0.2) is 0 Å². The summed E-state index contributed by atoms with van der Waals surface area (Å²) >= 11 is 0. The Morgan fingerprint density at radius 3 is 2.67 bits per heavy atom. The van der Waals surface area contributed by atoms with Crippen LogP contribution in [-0.2, 0) is 9.53 Å². The van der Waals surface area contributed by atoms with Crippen molar-refractivity contribution in [1.29, 1.82) is 0 Å². The normalized spacial score (nSPS) is 12.6. The molecule has 0 aromatic carbocycles. The maximum atomic E-state index is 11.1. The van der Waals surface area contributed by atoms with Crippen molar-refractivity contribution < 1.29 is 9.53 Å². The summed E-state index contributed by atoms with van der Waals surface area (Å²) in [6.07, 6.45) is 3.88. The summed E-state index contributed by atoms with van der Waals surface area (Å²) < 4.78 is 5.02. The van der Waals surface area contributed by atoms with Crippen molar-refractivity contribution in [3.05, 3.63) is 6.92 Å². The highest BCUT2D eigenvalue weighted by molar-refractivity contribution is 5.71. The lowest BCUT2D eigenvalue weighted by Gasteiger charge is -2.08. The molecule has 0 heterocycles. The molecule has 0 bridgehead atoms. The molecular weight excluding hydrogens is 152 g/mol. The van der Waals surface area contributed by atoms with E-state index < -0.39 is 0 Å². The van der Waals surface area contributed by atoms with Crippen LogP contribution in [0.4, 0.5) is 0 Å². The number of unbranched alkanes of at least 4 members (excludes halogenated alkanes) is 2. The molecule has 2 nitrogen and oxygen atoms in total. The highest BCUT2D eigenvalue weighted by Crippen LogP contribution is 2.04. The number of hydrogen-bond acceptors (Lipinski definition) is 2. The minimum Gasteiger partial charge on any atom is -0.465 e. The largest absolute Gasteiger partial charge is 0.465 e. The van der Waals surface area contributed by atoms with Gasteiger partial charge in [-0.1, -0.05) is 33.6 Å². The number of carbonyl (C=O) groups is 1. The van der Waals surface area contributed by atoms with E-state index in [1.54, 1.807) is 0 Å². The van der Waals surface area contributed by atoms with E-state index in [1.165, 1.54) is 0 Å². The number of ether oxygens (including phenoxy) is 1. The molecule has 2 heteroatoms. The molecule has 0 aliphatic heterocycles. The zero-order valence-corrected chi connectivity index (χ0v) is 8.14. The summed E-state index contributed by atoms with van der Waals surface area (Å²) in [6.45, 7) is 8.18. The Hall–Kier alpha value is -0.530. The smallest absolute Gasteiger partial charge is 0.308 e. The Balaban J connectivity index is 3.31. The summed E-state index contributed by atoms with van der Waals surface area (Å²) in [5.41, 5.74) is 0. The summed E-state index contributed by atoms with van der Waals surface area (Å²) in [4.78, 5) is 11.1. The average molecular weight is 171 g/mol. The first-order valence-corrected chi connectivity index (χ1v) is 4.68. The fourth-order valence-corrected chi connectivity index (χ4v) is 0.785. The number of hydrogen-bond donors (Lipinski definition) is 0. The van der Waals surface area contributed by atoms with Gasteiger partial charge in [0, 0.05) is 0 Å². The Kier molecular flexibility index (Phi) is 6.82. The van der Waals surface area contributed by atoms with Gasteiger partial charge in [-0.25, -0.2) is 0 Å². The van der Waals surface area contributed by atoms with Crippen molar-refractivity contribution in [2.45, 2.75) is 39.5 Å². The van der Waals surface area contributed by atoms with Crippen LogP contribution >= 0.6 is 0 Å². The summed E-state index contributed by atoms with van der Waals surface area (Å²) in [7, 11) is 0. The molecular formula is C10H19O2. The third-order valence-electron chi connectivity index (χ3n) is 1.83. The molecule has 0 amide bonds. The van der Waals surface area contributed by atoms with Crippen molar-refractivity contribution >= 4 is 5.97 Å². The molecule has 1 radical (unpaired) electrons. The first-order chi connectivity index (χ1) is 5.72. The van der Waals surface area contributed by atoms with Crippen molar-refractivity contribution in [2.75, 3.05) is 6.61 Å². The van der Waals surface area contributed by atoms with Crippen LogP contribution in [0.2, 0.25) is 0 Å². The highest BCUT2D eigenvalue weighted by Gasteiger charge is 2.10. The molecule has 0 spiro atoms. The van der Waals surface area contributed by atoms with Gasteiger partial charge in [-0.3, -0.25) is 4.79 Å². The fraction of sp³-hybridized carbons (Fsp3) is 0.800. The summed E-state index contributed by atoms with van der Waals surface area (Å²) in [6, 6.07) is 0. The van der Waals surface area contributed by atoms with Gasteiger partial charge in [0.05, 0.1) is 12.5 Å². The molecule has 1 unspecified atom stereocenters. The van der Waals surface area contributed by atoms with Gasteiger partial charge in [-0.15, -0.1) is 0 Å². The molecule has 71 valence electrons. The van der Waals surface area contributed by atoms with E-state index in [1.807, 2.05) is 6.92 Å². The van der Waals surface area contributed by atoms with Gasteiger partial charge in [0.25, 0.3) is 0 Å². The topological polar surface area (TPSA) is 26.3 Å². The zero-order chi connectivity index (χ0) is 9.40. The maximum absolute atomic E-state index is 11.1. The van der Waals surface area contributed by atoms with Crippen molar-refractivity contribution in [3.8, 4) is 0 Å². The van der Waals surface area contributed by atoms with E-state index in [4.69, 9.17) is 4.74 Å². The van der Waals surface area contributed by atoms with Crippen LogP contribution < -0.4 is 0 Å². The second-order valence-electron chi connectivity index (χ2n) is 3.06. The van der Waals surface area contributed by atoms with Gasteiger partial charge in [0.1, 0.15) is 0 Å². The lowest BCUT2D eigenvalue weighted by Crippen LogP contribution is -2.14. The summed E-state index contributed by atoms with van der Waals surface area (Å²) in [5, 5.41) is 0. The van der Waals surface area contributed by atoms with E-state index in [-0.39, 0.29) is 11.9 Å². The Labute approximate surface area is 75.3 Å². The second-order valence-corrected chi connectivity index (χ2v) is 3.06. The van der Waals surface area contributed by atoms with E-state index in [9.17, 15) is 4.79 Å². The van der Waals surface area contributed by atoms with Gasteiger partial charge in [0.2, 0.25) is 0 Å². The summed E-state index contributed by atoms with van der Waals surface area (Å²) in [5.74, 6) is -0.160. The van der Waals surface area contributed by atoms with E-state index in [0.717, 1.165) is 19.3 Å². The first-order valence-electron chi connectivity index (χ1n) is 4.68. The molecule has 0 saturated heterocycles. The highest BCUT2D eigenvalue weighted by atomic mass is 16.5. The molecule has 0 aromatic rings. The van der Waals surface area contributed by atoms with Crippen molar-refractivity contribution in [2.24, 2.45) is 5.92 Å². The second kappa shape index (κ2) is 7.14. The molecule has 0 aliphatic rings. The minimum absolute atomic E-state index is 0.0494. The third kappa shape index (κ3) is 5.16. The monoisotopic (exact) mass is 171 g/mol. The molecule has 0 saturated carbocycles. The minimum atomic E-state index is -0.110. The van der Waals surface area contributed by atoms with Gasteiger partial charge in [-0.05, 0) is 12.8 Å². The molecule has 0 rings (SSSR count). The van der Waals surface area contributed by atoms with Gasteiger partial charge in [0.15, 0.2) is 0 Å². The molecule has 0 fully saturated rings. The van der Waals surface area contributed by atoms with E-state index >= 15 is 0 Å². The van der Waals surface area contributed by atoms with Gasteiger partial charge < -0.3 is 4.74 Å². The quantitative estimate of drug-likeness (QED) is 0.453. The molecule has 0 aromatic heterocycles. The standard InChI is InChI=1S/C10H19O2/c1-4-6-7-8-12-10(11)9(3)5-2/h9H,2,4-8H2,1,3H3. The number of esters is 1. The Morgan fingerprint density at radius 1 is 1.50 bits per heavy atom. The van der Waals surface area contributed by atoms with Crippen LogP contribution in [0, 0.1) is 12.8 Å². The predicted molar refractivity (Wildman–Crippen MR) is 49.6 cm³/mol. The van der Waals surface area contributed by atoms with Crippen LogP contribution in [0.1, 0.15) is 39.5 Å². The Bertz CT molecular complexity index is 121. The lowest BCUT2D eigenvalue weighted by molar-refractivity contribution is -0.147. The average Bonchev–Trinajstić information content (AvgIpc) is 2.10. The first kappa shape index (κ1) is 11.5. The van der Waals surface area contributed by atoms with Crippen LogP contribution in [0.25, 0.3) is 0 Å². The van der Waals surface area contributed by atoms with E-state index in [0.29, 0.717) is 13.0 Å². The predicted octanol–water partition coefficient (Wildman–Crippen LogP) is 2.58. The van der Waals surface area contributed by atoms with E-state index in [2.05, 4.69) is 13.8 Å². The lowest BCUT2D eigenvalue weighted by atomic mass is 10.1. The van der Waals surface area contributed by atoms with Crippen LogP contribution in [0.3, 0.4) is 0 Å². The zero-order valence-electron chi connectivity index (χ0n) is 8.14. The van der Waals surface area contributed by atoms with Crippen molar-refractivity contribution in [1.82, 2.24) is 0 Å². The van der Waals surface area contributed by atoms with Crippen molar-refractivity contribution in [3.63, 3.8) is 0 Å². The molecule has 0 N–H and O–H groups in total. The number of rotatable bonds is 6. The van der Waals surface area contributed by atoms with Gasteiger partial charge in [-0.2, -0.15) is 0 Å². The van der Waals surface area contributed by atoms with Crippen LogP contribution in [-0.4, -0.2) is 12.6 Å². The molecule has 1 atom stereocenters. The van der Waals surface area contributed by atoms with Crippen LogP contribution in [0.5, 0.6) is 0 Å². The third-order valence-corrected chi connectivity index (χ3v) is 1.83. The fourth-order valence-electron chi connectivity index (χ4n) is 0.785. The SMILES string of the molecule is [CH2]CC(C)C(=O)OCCCCC. The molecule has 0 aliphatic carbocycles. The maximum Gasteiger partial charge on any atom is 0.308 e. The molecule has 12 heavy (non-hydrogen) atoms. The van der Waals surface area contributed by atoms with Gasteiger partial charge >= 0.3 is 5.97 Å².